The van der Waals surface area contributed by atoms with Crippen LogP contribution in [0.5, 0.6) is 0 Å². The Balaban J connectivity index is 1.92. The molecule has 142 valence electrons. The predicted molar refractivity (Wildman–Crippen MR) is 98.6 cm³/mol. The van der Waals surface area contributed by atoms with Crippen molar-refractivity contribution in [3.8, 4) is 11.9 Å². The summed E-state index contributed by atoms with van der Waals surface area (Å²) in [6.45, 7) is 5.45. The monoisotopic (exact) mass is 382 g/mol. The molecule has 1 N–H and O–H groups in total. The second kappa shape index (κ2) is 7.48. The summed E-state index contributed by atoms with van der Waals surface area (Å²) in [7, 11) is 0. The summed E-state index contributed by atoms with van der Waals surface area (Å²) in [5.74, 6) is -1.25. The molecule has 3 aromatic rings. The highest BCUT2D eigenvalue weighted by atomic mass is 19.1. The number of halogens is 2. The van der Waals surface area contributed by atoms with Gasteiger partial charge in [0, 0.05) is 23.5 Å². The fourth-order valence-corrected chi connectivity index (χ4v) is 2.83. The van der Waals surface area contributed by atoms with Gasteiger partial charge >= 0.3 is 0 Å². The number of anilines is 1. The molecule has 0 radical (unpaired) electrons. The van der Waals surface area contributed by atoms with E-state index >= 15 is 0 Å². The average molecular weight is 382 g/mol. The summed E-state index contributed by atoms with van der Waals surface area (Å²) in [6, 6.07) is 8.13. The molecule has 3 rings (SSSR count). The van der Waals surface area contributed by atoms with Crippen molar-refractivity contribution < 1.29 is 18.1 Å². The highest BCUT2D eigenvalue weighted by Gasteiger charge is 2.16. The van der Waals surface area contributed by atoms with Crippen LogP contribution in [-0.2, 0) is 4.79 Å². The van der Waals surface area contributed by atoms with E-state index in [0.29, 0.717) is 23.2 Å². The summed E-state index contributed by atoms with van der Waals surface area (Å²) in [6.07, 6.45) is 1.41. The third kappa shape index (κ3) is 3.69. The van der Waals surface area contributed by atoms with Crippen LogP contribution < -0.4 is 5.32 Å². The standard InChI is InChI=1S/C20H16F2N4O2/c1-11-6-14(13(3)26(11)19-7-12(2)28-25-19)8-15(10-23)20(27)24-18-5-4-16(21)9-17(18)22/h4-9H,1-3H3,(H,24,27)/b15-8+. The highest BCUT2D eigenvalue weighted by molar-refractivity contribution is 6.09. The smallest absolute Gasteiger partial charge is 0.266 e. The first kappa shape index (κ1) is 19.0. The Bertz CT molecular complexity index is 1140. The molecule has 0 bridgehead atoms. The van der Waals surface area contributed by atoms with Gasteiger partial charge in [-0.2, -0.15) is 5.26 Å². The summed E-state index contributed by atoms with van der Waals surface area (Å²) < 4.78 is 33.7. The van der Waals surface area contributed by atoms with E-state index in [4.69, 9.17) is 4.52 Å². The molecule has 0 unspecified atom stereocenters. The normalized spacial score (nSPS) is 11.4. The SMILES string of the molecule is Cc1cc(-n2c(C)cc(/C=C(\C#N)C(=O)Nc3ccc(F)cc3F)c2C)no1. The van der Waals surface area contributed by atoms with Crippen molar-refractivity contribution >= 4 is 17.7 Å². The second-order valence-corrected chi connectivity index (χ2v) is 6.21. The molecule has 0 spiro atoms. The Morgan fingerprint density at radius 2 is 2.00 bits per heavy atom. The second-order valence-electron chi connectivity index (χ2n) is 6.21. The van der Waals surface area contributed by atoms with Gasteiger partial charge in [0.1, 0.15) is 29.0 Å². The molecule has 0 aliphatic carbocycles. The molecule has 2 aromatic heterocycles. The lowest BCUT2D eigenvalue weighted by atomic mass is 10.1. The van der Waals surface area contributed by atoms with Crippen molar-refractivity contribution in [1.82, 2.24) is 9.72 Å². The molecule has 8 heteroatoms. The molecule has 0 aliphatic heterocycles. The van der Waals surface area contributed by atoms with Crippen LogP contribution in [-0.4, -0.2) is 15.6 Å². The summed E-state index contributed by atoms with van der Waals surface area (Å²) >= 11 is 0. The minimum absolute atomic E-state index is 0.212. The first-order valence-corrected chi connectivity index (χ1v) is 8.31. The minimum Gasteiger partial charge on any atom is -0.360 e. The number of rotatable bonds is 4. The molecule has 0 aliphatic rings. The third-order valence-electron chi connectivity index (χ3n) is 4.16. The van der Waals surface area contributed by atoms with E-state index < -0.39 is 17.5 Å². The maximum Gasteiger partial charge on any atom is 0.266 e. The number of hydrogen-bond donors (Lipinski definition) is 1. The molecule has 1 aromatic carbocycles. The minimum atomic E-state index is -0.926. The van der Waals surface area contributed by atoms with E-state index in [0.717, 1.165) is 23.5 Å². The quantitative estimate of drug-likeness (QED) is 0.541. The predicted octanol–water partition coefficient (Wildman–Crippen LogP) is 4.21. The van der Waals surface area contributed by atoms with Crippen LogP contribution in [0.2, 0.25) is 0 Å². The molecular formula is C20H16F2N4O2. The van der Waals surface area contributed by atoms with Crippen LogP contribution in [0.25, 0.3) is 11.9 Å². The first-order valence-electron chi connectivity index (χ1n) is 8.31. The Kier molecular flexibility index (Phi) is 5.09. The van der Waals surface area contributed by atoms with Gasteiger partial charge < -0.3 is 9.84 Å². The third-order valence-corrected chi connectivity index (χ3v) is 4.16. The largest absolute Gasteiger partial charge is 0.360 e. The zero-order valence-electron chi connectivity index (χ0n) is 15.4. The van der Waals surface area contributed by atoms with E-state index in [2.05, 4.69) is 10.5 Å². The Morgan fingerprint density at radius 1 is 1.25 bits per heavy atom. The maximum atomic E-state index is 13.7. The van der Waals surface area contributed by atoms with Crippen molar-refractivity contribution in [1.29, 1.82) is 5.26 Å². The number of nitriles is 1. The van der Waals surface area contributed by atoms with Crippen LogP contribution in [0.15, 0.2) is 40.4 Å². The van der Waals surface area contributed by atoms with Crippen molar-refractivity contribution in [3.05, 3.63) is 70.3 Å². The summed E-state index contributed by atoms with van der Waals surface area (Å²) in [5.41, 5.74) is 1.78. The molecule has 28 heavy (non-hydrogen) atoms. The Morgan fingerprint density at radius 3 is 2.61 bits per heavy atom. The maximum absolute atomic E-state index is 13.7. The molecule has 6 nitrogen and oxygen atoms in total. The van der Waals surface area contributed by atoms with Crippen LogP contribution in [0.3, 0.4) is 0 Å². The number of amides is 1. The molecule has 0 saturated carbocycles. The lowest BCUT2D eigenvalue weighted by Gasteiger charge is -2.06. The van der Waals surface area contributed by atoms with Crippen LogP contribution >= 0.6 is 0 Å². The van der Waals surface area contributed by atoms with Crippen molar-refractivity contribution in [3.63, 3.8) is 0 Å². The van der Waals surface area contributed by atoms with Crippen LogP contribution in [0, 0.1) is 43.7 Å². The van der Waals surface area contributed by atoms with Crippen LogP contribution in [0.4, 0.5) is 14.5 Å². The van der Waals surface area contributed by atoms with Crippen LogP contribution in [0.1, 0.15) is 22.7 Å². The summed E-state index contributed by atoms with van der Waals surface area (Å²) in [5, 5.41) is 15.6. The number of nitrogens with one attached hydrogen (secondary N) is 1. The van der Waals surface area contributed by atoms with Gasteiger partial charge in [0.25, 0.3) is 5.91 Å². The van der Waals surface area contributed by atoms with Crippen molar-refractivity contribution in [2.24, 2.45) is 0 Å². The van der Waals surface area contributed by atoms with E-state index in [1.165, 1.54) is 6.08 Å². The molecule has 2 heterocycles. The molecule has 0 fully saturated rings. The van der Waals surface area contributed by atoms with Gasteiger partial charge in [-0.05, 0) is 50.6 Å². The van der Waals surface area contributed by atoms with E-state index in [-0.39, 0.29) is 11.3 Å². The Labute approximate surface area is 159 Å². The van der Waals surface area contributed by atoms with Crippen molar-refractivity contribution in [2.45, 2.75) is 20.8 Å². The molecular weight excluding hydrogens is 366 g/mol. The summed E-state index contributed by atoms with van der Waals surface area (Å²) in [4.78, 5) is 12.4. The van der Waals surface area contributed by atoms with Crippen molar-refractivity contribution in [2.75, 3.05) is 5.32 Å². The number of benzene rings is 1. The van der Waals surface area contributed by atoms with E-state index in [1.807, 2.05) is 24.5 Å². The first-order chi connectivity index (χ1) is 13.3. The number of nitrogens with zero attached hydrogens (tertiary/aromatic N) is 3. The lowest BCUT2D eigenvalue weighted by Crippen LogP contribution is -2.14. The zero-order valence-corrected chi connectivity index (χ0v) is 15.4. The van der Waals surface area contributed by atoms with E-state index in [9.17, 15) is 18.8 Å². The van der Waals surface area contributed by atoms with Gasteiger partial charge in [-0.25, -0.2) is 8.78 Å². The lowest BCUT2D eigenvalue weighted by molar-refractivity contribution is -0.112. The van der Waals surface area contributed by atoms with Gasteiger partial charge in [0.05, 0.1) is 5.69 Å². The fraction of sp³-hybridized carbons (Fsp3) is 0.150. The highest BCUT2D eigenvalue weighted by Crippen LogP contribution is 2.23. The number of carbonyl (C=O) groups is 1. The number of aromatic nitrogens is 2. The van der Waals surface area contributed by atoms with Gasteiger partial charge in [-0.1, -0.05) is 5.16 Å². The van der Waals surface area contributed by atoms with Gasteiger partial charge in [-0.3, -0.25) is 9.36 Å². The van der Waals surface area contributed by atoms with E-state index in [1.54, 1.807) is 19.1 Å². The average Bonchev–Trinajstić information content (AvgIpc) is 3.17. The Hall–Kier alpha value is -3.73. The van der Waals surface area contributed by atoms with Gasteiger partial charge in [0.15, 0.2) is 5.82 Å². The molecule has 1 amide bonds. The van der Waals surface area contributed by atoms with Gasteiger partial charge in [0.2, 0.25) is 0 Å². The zero-order chi connectivity index (χ0) is 20.4. The molecule has 0 saturated heterocycles. The van der Waals surface area contributed by atoms with Gasteiger partial charge in [-0.15, -0.1) is 0 Å². The number of carbonyl (C=O) groups excluding carboxylic acids is 1. The fourth-order valence-electron chi connectivity index (χ4n) is 2.83. The topological polar surface area (TPSA) is 83.9 Å². The molecule has 0 atom stereocenters. The number of aryl methyl sites for hydroxylation is 2. The number of hydrogen-bond acceptors (Lipinski definition) is 4.